The van der Waals surface area contributed by atoms with Crippen molar-refractivity contribution < 1.29 is 18.3 Å². The van der Waals surface area contributed by atoms with Crippen LogP contribution in [-0.2, 0) is 6.18 Å². The van der Waals surface area contributed by atoms with Gasteiger partial charge >= 0.3 is 6.18 Å². The molecule has 1 aliphatic heterocycles. The first-order chi connectivity index (χ1) is 10.1. The van der Waals surface area contributed by atoms with Crippen LogP contribution >= 0.6 is 0 Å². The molecule has 1 aromatic carbocycles. The van der Waals surface area contributed by atoms with Gasteiger partial charge in [-0.15, -0.1) is 0 Å². The fourth-order valence-electron chi connectivity index (χ4n) is 3.29. The van der Waals surface area contributed by atoms with E-state index in [0.717, 1.165) is 6.07 Å². The number of hydrogen-bond donors (Lipinski definition) is 1. The summed E-state index contributed by atoms with van der Waals surface area (Å²) in [6.07, 6.45) is -3.84. The molecule has 0 aliphatic carbocycles. The van der Waals surface area contributed by atoms with Crippen molar-refractivity contribution in [2.45, 2.75) is 45.0 Å². The number of rotatable bonds is 2. The summed E-state index contributed by atoms with van der Waals surface area (Å²) in [7, 11) is 0. The highest BCUT2D eigenvalue weighted by Gasteiger charge is 2.40. The molecule has 1 N–H and O–H groups in total. The fraction of sp³-hybridized carbons (Fsp3) is 0.562. The molecule has 2 rings (SSSR count). The van der Waals surface area contributed by atoms with Crippen molar-refractivity contribution in [1.82, 2.24) is 0 Å². The van der Waals surface area contributed by atoms with Gasteiger partial charge in [0.1, 0.15) is 0 Å². The number of anilines is 1. The van der Waals surface area contributed by atoms with Gasteiger partial charge < -0.3 is 10.0 Å². The Kier molecular flexibility index (Phi) is 4.14. The van der Waals surface area contributed by atoms with Crippen LogP contribution in [0.3, 0.4) is 0 Å². The minimum Gasteiger partial charge on any atom is -0.390 e. The van der Waals surface area contributed by atoms with Crippen molar-refractivity contribution >= 4 is 5.69 Å². The van der Waals surface area contributed by atoms with Gasteiger partial charge in [-0.05, 0) is 45.4 Å². The van der Waals surface area contributed by atoms with E-state index in [1.165, 1.54) is 12.1 Å². The normalized spacial score (nSPS) is 22.7. The average molecular weight is 312 g/mol. The fourth-order valence-corrected chi connectivity index (χ4v) is 3.29. The molecule has 0 radical (unpaired) electrons. The summed E-state index contributed by atoms with van der Waals surface area (Å²) in [4.78, 5) is 1.86. The zero-order valence-electron chi connectivity index (χ0n) is 12.8. The van der Waals surface area contributed by atoms with Crippen molar-refractivity contribution in [2.24, 2.45) is 5.92 Å². The first-order valence-corrected chi connectivity index (χ1v) is 7.16. The highest BCUT2D eigenvalue weighted by molar-refractivity contribution is 5.56. The molecule has 22 heavy (non-hydrogen) atoms. The molecule has 3 nitrogen and oxygen atoms in total. The molecule has 2 atom stereocenters. The maximum Gasteiger partial charge on any atom is 0.417 e. The third-order valence-electron chi connectivity index (χ3n) is 4.42. The van der Waals surface area contributed by atoms with Gasteiger partial charge in [-0.1, -0.05) is 0 Å². The van der Waals surface area contributed by atoms with Gasteiger partial charge in [-0.2, -0.15) is 18.4 Å². The lowest BCUT2D eigenvalue weighted by molar-refractivity contribution is -0.137. The Morgan fingerprint density at radius 1 is 1.32 bits per heavy atom. The predicted octanol–water partition coefficient (Wildman–Crippen LogP) is 3.56. The van der Waals surface area contributed by atoms with E-state index in [9.17, 15) is 18.3 Å². The highest BCUT2D eigenvalue weighted by Crippen LogP contribution is 2.39. The second-order valence-electron chi connectivity index (χ2n) is 6.32. The van der Waals surface area contributed by atoms with Crippen molar-refractivity contribution in [3.63, 3.8) is 0 Å². The lowest BCUT2D eigenvalue weighted by Gasteiger charge is -2.33. The molecule has 1 fully saturated rings. The minimum absolute atomic E-state index is 0.0162. The van der Waals surface area contributed by atoms with Crippen molar-refractivity contribution in [3.8, 4) is 6.07 Å². The molecule has 1 heterocycles. The smallest absolute Gasteiger partial charge is 0.390 e. The van der Waals surface area contributed by atoms with E-state index in [0.29, 0.717) is 18.7 Å². The summed E-state index contributed by atoms with van der Waals surface area (Å²) in [5, 5.41) is 19.0. The Hall–Kier alpha value is -1.74. The van der Waals surface area contributed by atoms with Crippen LogP contribution in [0.4, 0.5) is 18.9 Å². The maximum absolute atomic E-state index is 13.1. The Morgan fingerprint density at radius 2 is 1.95 bits per heavy atom. The lowest BCUT2D eigenvalue weighted by atomic mass is 9.85. The molecule has 1 aliphatic rings. The van der Waals surface area contributed by atoms with Crippen molar-refractivity contribution in [2.75, 3.05) is 11.4 Å². The van der Waals surface area contributed by atoms with E-state index < -0.39 is 17.3 Å². The van der Waals surface area contributed by atoms with Crippen LogP contribution in [0, 0.1) is 17.2 Å². The van der Waals surface area contributed by atoms with Gasteiger partial charge in [0, 0.05) is 24.2 Å². The Balaban J connectivity index is 2.37. The second-order valence-corrected chi connectivity index (χ2v) is 6.32. The molecule has 120 valence electrons. The Bertz CT molecular complexity index is 599. The standard InChI is InChI=1S/C16H19F3N2O/c1-10-13(15(2,3)22)6-7-21(10)12-5-4-11(9-20)14(8-12)16(17,18)19/h4-5,8,10,13,22H,6-7H2,1-3H3. The third-order valence-corrected chi connectivity index (χ3v) is 4.42. The molecule has 0 amide bonds. The molecule has 1 aromatic rings. The maximum atomic E-state index is 13.1. The number of benzene rings is 1. The molecule has 0 saturated carbocycles. The summed E-state index contributed by atoms with van der Waals surface area (Å²) in [6.45, 7) is 5.93. The number of hydrogen-bond acceptors (Lipinski definition) is 3. The van der Waals surface area contributed by atoms with Gasteiger partial charge in [0.2, 0.25) is 0 Å². The summed E-state index contributed by atoms with van der Waals surface area (Å²) < 4.78 is 39.2. The van der Waals surface area contributed by atoms with Gasteiger partial charge in [-0.25, -0.2) is 0 Å². The van der Waals surface area contributed by atoms with Crippen LogP contribution in [0.25, 0.3) is 0 Å². The third kappa shape index (κ3) is 3.05. The first-order valence-electron chi connectivity index (χ1n) is 7.16. The topological polar surface area (TPSA) is 47.3 Å². The number of nitriles is 1. The van der Waals surface area contributed by atoms with E-state index in [-0.39, 0.29) is 17.5 Å². The van der Waals surface area contributed by atoms with E-state index in [4.69, 9.17) is 5.26 Å². The van der Waals surface area contributed by atoms with Crippen LogP contribution in [-0.4, -0.2) is 23.3 Å². The summed E-state index contributed by atoms with van der Waals surface area (Å²) in [6, 6.07) is 5.29. The Morgan fingerprint density at radius 3 is 2.41 bits per heavy atom. The molecular formula is C16H19F3N2O. The van der Waals surface area contributed by atoms with E-state index >= 15 is 0 Å². The van der Waals surface area contributed by atoms with E-state index in [1.807, 2.05) is 11.8 Å². The number of nitrogens with zero attached hydrogens (tertiary/aromatic N) is 2. The minimum atomic E-state index is -4.56. The van der Waals surface area contributed by atoms with Crippen LogP contribution in [0.15, 0.2) is 18.2 Å². The van der Waals surface area contributed by atoms with Crippen molar-refractivity contribution in [3.05, 3.63) is 29.3 Å². The van der Waals surface area contributed by atoms with Gasteiger partial charge in [0.25, 0.3) is 0 Å². The summed E-state index contributed by atoms with van der Waals surface area (Å²) in [5.41, 5.74) is -1.73. The number of alkyl halides is 3. The van der Waals surface area contributed by atoms with Crippen LogP contribution < -0.4 is 4.90 Å². The molecule has 0 bridgehead atoms. The first kappa shape index (κ1) is 16.6. The van der Waals surface area contributed by atoms with Gasteiger partial charge in [-0.3, -0.25) is 0 Å². The van der Waals surface area contributed by atoms with Gasteiger partial charge in [0.05, 0.1) is 22.8 Å². The molecular weight excluding hydrogens is 293 g/mol. The molecule has 0 aromatic heterocycles. The zero-order chi connectivity index (χ0) is 16.7. The van der Waals surface area contributed by atoms with E-state index in [1.54, 1.807) is 19.9 Å². The quantitative estimate of drug-likeness (QED) is 0.908. The zero-order valence-corrected chi connectivity index (χ0v) is 12.8. The average Bonchev–Trinajstić information content (AvgIpc) is 2.78. The number of aliphatic hydroxyl groups is 1. The second kappa shape index (κ2) is 5.47. The van der Waals surface area contributed by atoms with Crippen LogP contribution in [0.2, 0.25) is 0 Å². The lowest BCUT2D eigenvalue weighted by Crippen LogP contribution is -2.40. The van der Waals surface area contributed by atoms with Crippen LogP contribution in [0.1, 0.15) is 38.3 Å². The molecule has 2 unspecified atom stereocenters. The monoisotopic (exact) mass is 312 g/mol. The summed E-state index contributed by atoms with van der Waals surface area (Å²) in [5.74, 6) is -0.0162. The van der Waals surface area contributed by atoms with E-state index in [2.05, 4.69) is 0 Å². The predicted molar refractivity (Wildman–Crippen MR) is 77.4 cm³/mol. The molecule has 0 spiro atoms. The number of halogens is 3. The SMILES string of the molecule is CC1C(C(C)(C)O)CCN1c1ccc(C#N)c(C(F)(F)F)c1. The van der Waals surface area contributed by atoms with Crippen molar-refractivity contribution in [1.29, 1.82) is 5.26 Å². The highest BCUT2D eigenvalue weighted by atomic mass is 19.4. The summed E-state index contributed by atoms with van der Waals surface area (Å²) >= 11 is 0. The molecule has 1 saturated heterocycles. The largest absolute Gasteiger partial charge is 0.417 e. The van der Waals surface area contributed by atoms with Gasteiger partial charge in [0.15, 0.2) is 0 Å². The Labute approximate surface area is 128 Å². The molecule has 6 heteroatoms. The van der Waals surface area contributed by atoms with Crippen LogP contribution in [0.5, 0.6) is 0 Å².